The lowest BCUT2D eigenvalue weighted by atomic mass is 10.0. The summed E-state index contributed by atoms with van der Waals surface area (Å²) in [5.74, 6) is 0. The van der Waals surface area contributed by atoms with Crippen molar-refractivity contribution < 1.29 is 9.53 Å². The molecule has 22 heavy (non-hydrogen) atoms. The number of ether oxygens (including phenoxy) is 1. The number of fused-ring (bicyclic) bond motifs is 3. The summed E-state index contributed by atoms with van der Waals surface area (Å²) >= 11 is 0. The van der Waals surface area contributed by atoms with Gasteiger partial charge in [-0.1, -0.05) is 24.3 Å². The highest BCUT2D eigenvalue weighted by atomic mass is 35.5. The van der Waals surface area contributed by atoms with Crippen LogP contribution in [0, 0.1) is 0 Å². The minimum atomic E-state index is -0.337. The summed E-state index contributed by atoms with van der Waals surface area (Å²) in [4.78, 5) is 11.2. The van der Waals surface area contributed by atoms with Gasteiger partial charge in [-0.25, -0.2) is 4.79 Å². The molecule has 2 aromatic carbocycles. The molecule has 3 aromatic rings. The zero-order chi connectivity index (χ0) is 14.4. The third-order valence-electron chi connectivity index (χ3n) is 4.19. The average molecular weight is 317 g/mol. The van der Waals surface area contributed by atoms with Gasteiger partial charge in [0.15, 0.2) is 0 Å². The molecule has 1 amide bonds. The number of cyclic esters (lactones) is 1. The molecule has 114 valence electrons. The molecule has 1 N–H and O–H groups in total. The van der Waals surface area contributed by atoms with Gasteiger partial charge in [-0.05, 0) is 30.7 Å². The maximum absolute atomic E-state index is 11.2. The van der Waals surface area contributed by atoms with Gasteiger partial charge in [-0.15, -0.1) is 12.4 Å². The summed E-state index contributed by atoms with van der Waals surface area (Å²) in [7, 11) is 0. The SMILES string of the molecule is CCn1c2ccccc2c2cc([C@H]3COC(=O)N3)ccc21.Cl. The maximum atomic E-state index is 11.2. The summed E-state index contributed by atoms with van der Waals surface area (Å²) in [5.41, 5.74) is 3.57. The zero-order valence-electron chi connectivity index (χ0n) is 12.2. The van der Waals surface area contributed by atoms with Gasteiger partial charge in [0, 0.05) is 28.4 Å². The van der Waals surface area contributed by atoms with Crippen LogP contribution in [0.1, 0.15) is 18.5 Å². The van der Waals surface area contributed by atoms with Gasteiger partial charge >= 0.3 is 6.09 Å². The maximum Gasteiger partial charge on any atom is 0.407 e. The normalized spacial score (nSPS) is 17.3. The van der Waals surface area contributed by atoms with Crippen molar-refractivity contribution in [3.8, 4) is 0 Å². The molecular weight excluding hydrogens is 300 g/mol. The monoisotopic (exact) mass is 316 g/mol. The number of carbonyl (C=O) groups excluding carboxylic acids is 1. The number of aryl methyl sites for hydroxylation is 1. The number of rotatable bonds is 2. The van der Waals surface area contributed by atoms with Crippen molar-refractivity contribution >= 4 is 40.3 Å². The Balaban J connectivity index is 0.00000144. The number of halogens is 1. The predicted octanol–water partition coefficient (Wildman–Crippen LogP) is 4.02. The van der Waals surface area contributed by atoms with E-state index in [9.17, 15) is 4.79 Å². The Morgan fingerprint density at radius 3 is 2.68 bits per heavy atom. The molecule has 0 unspecified atom stereocenters. The quantitative estimate of drug-likeness (QED) is 0.776. The summed E-state index contributed by atoms with van der Waals surface area (Å²) < 4.78 is 7.31. The molecule has 4 rings (SSSR count). The number of para-hydroxylation sites is 1. The number of benzene rings is 2. The van der Waals surface area contributed by atoms with Crippen LogP contribution < -0.4 is 5.32 Å². The second kappa shape index (κ2) is 5.54. The lowest BCUT2D eigenvalue weighted by molar-refractivity contribution is 0.177. The Bertz CT molecular complexity index is 856. The first-order chi connectivity index (χ1) is 10.3. The van der Waals surface area contributed by atoms with E-state index in [0.717, 1.165) is 12.1 Å². The van der Waals surface area contributed by atoms with Gasteiger partial charge in [0.25, 0.3) is 0 Å². The second-order valence-corrected chi connectivity index (χ2v) is 5.33. The smallest absolute Gasteiger partial charge is 0.407 e. The highest BCUT2D eigenvalue weighted by Gasteiger charge is 2.24. The van der Waals surface area contributed by atoms with E-state index in [2.05, 4.69) is 59.3 Å². The van der Waals surface area contributed by atoms with Gasteiger partial charge in [0.1, 0.15) is 6.61 Å². The molecule has 1 aromatic heterocycles. The molecule has 2 heterocycles. The molecule has 0 saturated carbocycles. The van der Waals surface area contributed by atoms with Gasteiger partial charge < -0.3 is 14.6 Å². The minimum Gasteiger partial charge on any atom is -0.447 e. The fourth-order valence-corrected chi connectivity index (χ4v) is 3.19. The first-order valence-electron chi connectivity index (χ1n) is 7.22. The number of nitrogens with zero attached hydrogens (tertiary/aromatic N) is 1. The van der Waals surface area contributed by atoms with Crippen molar-refractivity contribution in [2.75, 3.05) is 6.61 Å². The largest absolute Gasteiger partial charge is 0.447 e. The summed E-state index contributed by atoms with van der Waals surface area (Å²) in [6.45, 7) is 3.49. The molecular formula is C17H17ClN2O2. The van der Waals surface area contributed by atoms with Gasteiger partial charge in [0.2, 0.25) is 0 Å². The van der Waals surface area contributed by atoms with Crippen molar-refractivity contribution in [1.82, 2.24) is 9.88 Å². The van der Waals surface area contributed by atoms with Crippen LogP contribution >= 0.6 is 12.4 Å². The topological polar surface area (TPSA) is 43.3 Å². The Kier molecular flexibility index (Phi) is 3.71. The number of alkyl carbamates (subject to hydrolysis) is 1. The molecule has 5 heteroatoms. The van der Waals surface area contributed by atoms with Gasteiger partial charge in [0.05, 0.1) is 6.04 Å². The molecule has 1 aliphatic rings. The summed E-state index contributed by atoms with van der Waals surface area (Å²) in [6.07, 6.45) is -0.337. The van der Waals surface area contributed by atoms with Crippen molar-refractivity contribution in [2.24, 2.45) is 0 Å². The first-order valence-corrected chi connectivity index (χ1v) is 7.22. The highest BCUT2D eigenvalue weighted by Crippen LogP contribution is 2.31. The van der Waals surface area contributed by atoms with E-state index in [1.54, 1.807) is 0 Å². The van der Waals surface area contributed by atoms with Crippen molar-refractivity contribution in [3.05, 3.63) is 48.0 Å². The van der Waals surface area contributed by atoms with Crippen molar-refractivity contribution in [3.63, 3.8) is 0 Å². The van der Waals surface area contributed by atoms with E-state index < -0.39 is 0 Å². The van der Waals surface area contributed by atoms with Crippen LogP contribution in [0.2, 0.25) is 0 Å². The zero-order valence-corrected chi connectivity index (χ0v) is 13.0. The van der Waals surface area contributed by atoms with Crippen LogP contribution in [0.25, 0.3) is 21.8 Å². The molecule has 0 spiro atoms. The third kappa shape index (κ3) is 2.11. The lowest BCUT2D eigenvalue weighted by Gasteiger charge is -2.08. The number of carbonyl (C=O) groups is 1. The Morgan fingerprint density at radius 2 is 1.95 bits per heavy atom. The number of nitrogens with one attached hydrogen (secondary N) is 1. The Labute approximate surface area is 134 Å². The molecule has 0 bridgehead atoms. The fourth-order valence-electron chi connectivity index (χ4n) is 3.19. The first kappa shape index (κ1) is 14.7. The van der Waals surface area contributed by atoms with E-state index in [4.69, 9.17) is 4.74 Å². The van der Waals surface area contributed by atoms with Crippen LogP contribution in [0.15, 0.2) is 42.5 Å². The molecule has 4 nitrogen and oxygen atoms in total. The van der Waals surface area contributed by atoms with Gasteiger partial charge in [-0.2, -0.15) is 0 Å². The van der Waals surface area contributed by atoms with E-state index in [1.807, 2.05) is 0 Å². The standard InChI is InChI=1S/C17H16N2O2.ClH/c1-2-19-15-6-4-3-5-12(15)13-9-11(7-8-16(13)19)14-10-21-17(20)18-14;/h3-9,14H,2,10H2,1H3,(H,18,20);1H/t14-;/m1./s1. The van der Waals surface area contributed by atoms with Crippen LogP contribution in [0.3, 0.4) is 0 Å². The highest BCUT2D eigenvalue weighted by molar-refractivity contribution is 6.08. The second-order valence-electron chi connectivity index (χ2n) is 5.33. The van der Waals surface area contributed by atoms with Crippen LogP contribution in [0.4, 0.5) is 4.79 Å². The number of amides is 1. The number of aromatic nitrogens is 1. The molecule has 1 saturated heterocycles. The van der Waals surface area contributed by atoms with Crippen LogP contribution in [-0.2, 0) is 11.3 Å². The van der Waals surface area contributed by atoms with E-state index in [-0.39, 0.29) is 24.5 Å². The van der Waals surface area contributed by atoms with Crippen molar-refractivity contribution in [2.45, 2.75) is 19.5 Å². The molecule has 1 fully saturated rings. The number of hydrogen-bond donors (Lipinski definition) is 1. The predicted molar refractivity (Wildman–Crippen MR) is 89.6 cm³/mol. The average Bonchev–Trinajstić information content (AvgIpc) is 3.08. The van der Waals surface area contributed by atoms with E-state index in [1.165, 1.54) is 21.8 Å². The van der Waals surface area contributed by atoms with E-state index in [0.29, 0.717) is 6.61 Å². The van der Waals surface area contributed by atoms with Crippen molar-refractivity contribution in [1.29, 1.82) is 0 Å². The molecule has 0 radical (unpaired) electrons. The summed E-state index contributed by atoms with van der Waals surface area (Å²) in [6, 6.07) is 14.8. The number of hydrogen-bond acceptors (Lipinski definition) is 2. The molecule has 0 aliphatic carbocycles. The fraction of sp³-hybridized carbons (Fsp3) is 0.235. The Morgan fingerprint density at radius 1 is 1.18 bits per heavy atom. The van der Waals surface area contributed by atoms with Crippen LogP contribution in [0.5, 0.6) is 0 Å². The van der Waals surface area contributed by atoms with Crippen LogP contribution in [-0.4, -0.2) is 17.3 Å². The minimum absolute atomic E-state index is 0. The van der Waals surface area contributed by atoms with E-state index >= 15 is 0 Å². The Hall–Kier alpha value is -2.20. The lowest BCUT2D eigenvalue weighted by Crippen LogP contribution is -2.18. The summed E-state index contributed by atoms with van der Waals surface area (Å²) in [5, 5.41) is 5.31. The molecule has 1 atom stereocenters. The molecule has 1 aliphatic heterocycles. The van der Waals surface area contributed by atoms with Gasteiger partial charge in [-0.3, -0.25) is 0 Å². The third-order valence-corrected chi connectivity index (χ3v) is 4.19.